The summed E-state index contributed by atoms with van der Waals surface area (Å²) < 4.78 is 0. The highest BCUT2D eigenvalue weighted by Crippen LogP contribution is 2.29. The lowest BCUT2D eigenvalue weighted by Gasteiger charge is -2.21. The second kappa shape index (κ2) is 6.74. The van der Waals surface area contributed by atoms with E-state index in [2.05, 4.69) is 25.6 Å². The first kappa shape index (κ1) is 14.1. The van der Waals surface area contributed by atoms with Gasteiger partial charge in [0.1, 0.15) is 0 Å². The monoisotopic (exact) mass is 275 g/mol. The van der Waals surface area contributed by atoms with Crippen molar-refractivity contribution in [2.75, 3.05) is 0 Å². The van der Waals surface area contributed by atoms with Crippen molar-refractivity contribution in [1.29, 1.82) is 0 Å². The van der Waals surface area contributed by atoms with Gasteiger partial charge in [-0.15, -0.1) is 5.10 Å². The largest absolute Gasteiger partial charge is 0.481 e. The summed E-state index contributed by atoms with van der Waals surface area (Å²) in [6, 6.07) is 3.76. The third-order valence-electron chi connectivity index (χ3n) is 3.29. The highest BCUT2D eigenvalue weighted by Gasteiger charge is 2.31. The average molecular weight is 275 g/mol. The molecule has 0 saturated heterocycles. The van der Waals surface area contributed by atoms with Gasteiger partial charge < -0.3 is 5.11 Å². The van der Waals surface area contributed by atoms with Gasteiger partial charge in [-0.1, -0.05) is 19.4 Å². The predicted octanol–water partition coefficient (Wildman–Crippen LogP) is 1.42. The molecule has 7 nitrogen and oxygen atoms in total. The van der Waals surface area contributed by atoms with Crippen LogP contribution in [0.3, 0.4) is 0 Å². The first-order chi connectivity index (χ1) is 9.72. The summed E-state index contributed by atoms with van der Waals surface area (Å²) in [7, 11) is 0. The van der Waals surface area contributed by atoms with Crippen molar-refractivity contribution in [2.24, 2.45) is 5.92 Å². The van der Waals surface area contributed by atoms with Crippen LogP contribution in [0.25, 0.3) is 0 Å². The normalized spacial score (nSPS) is 13.8. The zero-order valence-corrected chi connectivity index (χ0v) is 11.2. The molecule has 0 amide bonds. The second-order valence-corrected chi connectivity index (χ2v) is 4.69. The van der Waals surface area contributed by atoms with E-state index in [1.807, 2.05) is 19.1 Å². The minimum absolute atomic E-state index is 0.286. The van der Waals surface area contributed by atoms with E-state index < -0.39 is 11.9 Å². The molecule has 2 heterocycles. The lowest BCUT2D eigenvalue weighted by molar-refractivity contribution is -0.142. The van der Waals surface area contributed by atoms with Crippen LogP contribution in [0.2, 0.25) is 0 Å². The molecule has 0 saturated carbocycles. The summed E-state index contributed by atoms with van der Waals surface area (Å²) in [5, 5.41) is 23.2. The molecule has 20 heavy (non-hydrogen) atoms. The average Bonchev–Trinajstić information content (AvgIpc) is 2.97. The minimum atomic E-state index is -0.822. The van der Waals surface area contributed by atoms with Gasteiger partial charge in [-0.05, 0) is 34.9 Å². The van der Waals surface area contributed by atoms with Gasteiger partial charge in [-0.25, -0.2) is 5.10 Å². The molecule has 0 fully saturated rings. The summed E-state index contributed by atoms with van der Waals surface area (Å²) in [5.41, 5.74) is 0.969. The van der Waals surface area contributed by atoms with Crippen LogP contribution in [-0.2, 0) is 11.2 Å². The number of hydrogen-bond acceptors (Lipinski definition) is 5. The maximum Gasteiger partial charge on any atom is 0.307 e. The number of aliphatic carboxylic acids is 1. The van der Waals surface area contributed by atoms with Crippen LogP contribution >= 0.6 is 0 Å². The van der Waals surface area contributed by atoms with Gasteiger partial charge in [0.25, 0.3) is 0 Å². The Hall–Kier alpha value is -2.31. The Kier molecular flexibility index (Phi) is 4.75. The van der Waals surface area contributed by atoms with Crippen molar-refractivity contribution >= 4 is 5.97 Å². The van der Waals surface area contributed by atoms with E-state index in [9.17, 15) is 9.90 Å². The van der Waals surface area contributed by atoms with Crippen LogP contribution in [0.15, 0.2) is 24.5 Å². The lowest BCUT2D eigenvalue weighted by Crippen LogP contribution is -2.25. The second-order valence-electron chi connectivity index (χ2n) is 4.69. The maximum atomic E-state index is 11.5. The standard InChI is InChI=1S/C13H17N5O2/c1-2-4-10(13(19)20)11(12-15-17-18-16-12)7-9-5-3-6-14-8-9/h3,5-6,8,10-11H,2,4,7H2,1H3,(H,19,20)(H,15,16,17,18)/t10?,11-/m0/s1. The van der Waals surface area contributed by atoms with Crippen molar-refractivity contribution in [3.8, 4) is 0 Å². The molecule has 2 atom stereocenters. The molecule has 0 aliphatic carbocycles. The number of carbonyl (C=O) groups is 1. The molecule has 0 aromatic carbocycles. The quantitative estimate of drug-likeness (QED) is 0.791. The van der Waals surface area contributed by atoms with Crippen LogP contribution < -0.4 is 0 Å². The summed E-state index contributed by atoms with van der Waals surface area (Å²) in [6.07, 6.45) is 5.35. The van der Waals surface area contributed by atoms with Gasteiger partial charge in [0.2, 0.25) is 0 Å². The van der Waals surface area contributed by atoms with Gasteiger partial charge >= 0.3 is 5.97 Å². The van der Waals surface area contributed by atoms with Crippen LogP contribution in [0.1, 0.15) is 37.1 Å². The third kappa shape index (κ3) is 3.37. The Morgan fingerprint density at radius 3 is 2.90 bits per heavy atom. The summed E-state index contributed by atoms with van der Waals surface area (Å²) in [5.74, 6) is -1.12. The Balaban J connectivity index is 2.27. The van der Waals surface area contributed by atoms with Gasteiger partial charge in [0.05, 0.1) is 5.92 Å². The fourth-order valence-electron chi connectivity index (χ4n) is 2.33. The Morgan fingerprint density at radius 1 is 1.50 bits per heavy atom. The summed E-state index contributed by atoms with van der Waals surface area (Å²) in [4.78, 5) is 15.6. The minimum Gasteiger partial charge on any atom is -0.481 e. The van der Waals surface area contributed by atoms with Crippen molar-refractivity contribution in [2.45, 2.75) is 32.1 Å². The SMILES string of the molecule is CCCC(C(=O)O)[C@H](Cc1cccnc1)c1nnn[nH]1. The number of H-pyrrole nitrogens is 1. The molecule has 0 radical (unpaired) electrons. The number of tetrazole rings is 1. The van der Waals surface area contributed by atoms with E-state index in [0.29, 0.717) is 18.7 Å². The Morgan fingerprint density at radius 2 is 2.35 bits per heavy atom. The summed E-state index contributed by atoms with van der Waals surface area (Å²) in [6.45, 7) is 1.97. The molecule has 7 heteroatoms. The molecule has 2 aromatic heterocycles. The van der Waals surface area contributed by atoms with Crippen molar-refractivity contribution in [3.63, 3.8) is 0 Å². The molecular formula is C13H17N5O2. The lowest BCUT2D eigenvalue weighted by atomic mass is 9.83. The molecule has 0 aliphatic heterocycles. The zero-order chi connectivity index (χ0) is 14.4. The smallest absolute Gasteiger partial charge is 0.307 e. The fraction of sp³-hybridized carbons (Fsp3) is 0.462. The van der Waals surface area contributed by atoms with E-state index in [1.54, 1.807) is 12.4 Å². The molecular weight excluding hydrogens is 258 g/mol. The molecule has 0 bridgehead atoms. The highest BCUT2D eigenvalue weighted by atomic mass is 16.4. The van der Waals surface area contributed by atoms with Crippen LogP contribution in [-0.4, -0.2) is 36.7 Å². The first-order valence-electron chi connectivity index (χ1n) is 6.57. The van der Waals surface area contributed by atoms with Gasteiger partial charge in [0.15, 0.2) is 5.82 Å². The van der Waals surface area contributed by atoms with Gasteiger partial charge in [-0.3, -0.25) is 9.78 Å². The number of aromatic nitrogens is 5. The van der Waals surface area contributed by atoms with Gasteiger partial charge in [0, 0.05) is 18.3 Å². The number of nitrogens with zero attached hydrogens (tertiary/aromatic N) is 4. The van der Waals surface area contributed by atoms with Crippen molar-refractivity contribution < 1.29 is 9.90 Å². The third-order valence-corrected chi connectivity index (χ3v) is 3.29. The fourth-order valence-corrected chi connectivity index (χ4v) is 2.33. The van der Waals surface area contributed by atoms with Gasteiger partial charge in [-0.2, -0.15) is 0 Å². The number of nitrogens with one attached hydrogen (secondary N) is 1. The molecule has 1 unspecified atom stereocenters. The van der Waals surface area contributed by atoms with Crippen molar-refractivity contribution in [1.82, 2.24) is 25.6 Å². The first-order valence-corrected chi connectivity index (χ1v) is 6.57. The van der Waals surface area contributed by atoms with E-state index in [0.717, 1.165) is 12.0 Å². The van der Waals surface area contributed by atoms with Crippen LogP contribution in [0.5, 0.6) is 0 Å². The number of carboxylic acids is 1. The Bertz CT molecular complexity index is 529. The van der Waals surface area contributed by atoms with Crippen molar-refractivity contribution in [3.05, 3.63) is 35.9 Å². The Labute approximate surface area is 116 Å². The number of carboxylic acid groups (broad SMARTS) is 1. The molecule has 2 N–H and O–H groups in total. The van der Waals surface area contributed by atoms with E-state index in [-0.39, 0.29) is 5.92 Å². The zero-order valence-electron chi connectivity index (χ0n) is 11.2. The van der Waals surface area contributed by atoms with Crippen LogP contribution in [0, 0.1) is 5.92 Å². The number of hydrogen-bond donors (Lipinski definition) is 2. The van der Waals surface area contributed by atoms with E-state index >= 15 is 0 Å². The molecule has 106 valence electrons. The topological polar surface area (TPSA) is 105 Å². The maximum absolute atomic E-state index is 11.5. The number of aromatic amines is 1. The highest BCUT2D eigenvalue weighted by molar-refractivity contribution is 5.71. The molecule has 0 aliphatic rings. The van der Waals surface area contributed by atoms with Crippen LogP contribution in [0.4, 0.5) is 0 Å². The van der Waals surface area contributed by atoms with E-state index in [4.69, 9.17) is 0 Å². The van der Waals surface area contributed by atoms with E-state index in [1.165, 1.54) is 0 Å². The summed E-state index contributed by atoms with van der Waals surface area (Å²) >= 11 is 0. The number of rotatable bonds is 7. The number of pyridine rings is 1. The molecule has 2 aromatic rings. The molecule has 2 rings (SSSR count). The predicted molar refractivity (Wildman–Crippen MR) is 70.9 cm³/mol. The molecule has 0 spiro atoms.